The maximum absolute atomic E-state index is 9.17. The van der Waals surface area contributed by atoms with Gasteiger partial charge in [0.1, 0.15) is 23.8 Å². The van der Waals surface area contributed by atoms with E-state index in [1.165, 1.54) is 6.33 Å². The summed E-state index contributed by atoms with van der Waals surface area (Å²) in [7, 11) is 0. The number of aliphatic hydroxyl groups excluding tert-OH is 1. The molecule has 0 fully saturated rings. The van der Waals surface area contributed by atoms with Gasteiger partial charge < -0.3 is 14.9 Å². The molecule has 2 aromatic rings. The lowest BCUT2D eigenvalue weighted by atomic mass is 10.3. The van der Waals surface area contributed by atoms with Gasteiger partial charge >= 0.3 is 0 Å². The highest BCUT2D eigenvalue weighted by Crippen LogP contribution is 2.22. The molecule has 0 spiro atoms. The summed E-state index contributed by atoms with van der Waals surface area (Å²) in [5.74, 6) is 0.531. The molecule has 0 radical (unpaired) electrons. The van der Waals surface area contributed by atoms with Crippen LogP contribution in [0.5, 0.6) is 0 Å². The number of hydrogen-bond acceptors (Lipinski definition) is 6. The van der Waals surface area contributed by atoms with Crippen LogP contribution in [0.2, 0.25) is 0 Å². The monoisotopic (exact) mass is 194 g/mol. The van der Waals surface area contributed by atoms with Gasteiger partial charge in [-0.2, -0.15) is 4.98 Å². The lowest BCUT2D eigenvalue weighted by Gasteiger charge is -2.07. The molecule has 0 aliphatic heterocycles. The highest BCUT2D eigenvalue weighted by Gasteiger charge is 2.12. The minimum atomic E-state index is -0.678. The third-order valence-corrected chi connectivity index (χ3v) is 1.79. The first-order valence-corrected chi connectivity index (χ1v) is 4.20. The Morgan fingerprint density at radius 3 is 3.00 bits per heavy atom. The summed E-state index contributed by atoms with van der Waals surface area (Å²) in [6.07, 6.45) is 0.680. The van der Waals surface area contributed by atoms with Crippen molar-refractivity contribution in [3.8, 4) is 0 Å². The Morgan fingerprint density at radius 1 is 1.50 bits per heavy atom. The third kappa shape index (κ3) is 1.39. The summed E-state index contributed by atoms with van der Waals surface area (Å²) in [5.41, 5.74) is 1.12. The number of rotatable bonds is 2. The lowest BCUT2D eigenvalue weighted by Crippen LogP contribution is -2.14. The molecule has 74 valence electrons. The van der Waals surface area contributed by atoms with E-state index >= 15 is 0 Å². The summed E-state index contributed by atoms with van der Waals surface area (Å²) in [6.45, 7) is 3.40. The van der Waals surface area contributed by atoms with Gasteiger partial charge in [-0.25, -0.2) is 4.98 Å². The van der Waals surface area contributed by atoms with E-state index in [2.05, 4.69) is 20.4 Å². The van der Waals surface area contributed by atoms with Crippen molar-refractivity contribution in [3.05, 3.63) is 12.0 Å². The Hall–Kier alpha value is -1.69. The topological polar surface area (TPSA) is 84.1 Å². The Bertz CT molecular complexity index is 452. The molecule has 1 unspecified atom stereocenters. The maximum atomic E-state index is 9.17. The van der Waals surface area contributed by atoms with Gasteiger partial charge in [-0.1, -0.05) is 5.16 Å². The Morgan fingerprint density at radius 2 is 2.29 bits per heavy atom. The molecule has 0 bridgehead atoms. The maximum Gasteiger partial charge on any atom is 0.263 e. The molecule has 0 saturated carbocycles. The van der Waals surface area contributed by atoms with Crippen LogP contribution in [0.4, 0.5) is 5.82 Å². The van der Waals surface area contributed by atoms with Crippen LogP contribution >= 0.6 is 0 Å². The van der Waals surface area contributed by atoms with Gasteiger partial charge in [-0.15, -0.1) is 0 Å². The molecule has 0 amide bonds. The van der Waals surface area contributed by atoms with E-state index in [0.29, 0.717) is 22.6 Å². The van der Waals surface area contributed by atoms with Gasteiger partial charge in [0.25, 0.3) is 5.71 Å². The number of anilines is 1. The van der Waals surface area contributed by atoms with E-state index < -0.39 is 6.23 Å². The molecule has 0 saturated heterocycles. The normalized spacial score (nSPS) is 13.1. The summed E-state index contributed by atoms with van der Waals surface area (Å²) in [5, 5.41) is 16.4. The molecule has 0 aromatic carbocycles. The molecule has 1 atom stereocenters. The van der Waals surface area contributed by atoms with Crippen molar-refractivity contribution in [2.75, 3.05) is 5.32 Å². The van der Waals surface area contributed by atoms with Crippen molar-refractivity contribution in [2.24, 2.45) is 0 Å². The lowest BCUT2D eigenvalue weighted by molar-refractivity contribution is 0.224. The summed E-state index contributed by atoms with van der Waals surface area (Å²) < 4.78 is 4.95. The van der Waals surface area contributed by atoms with Crippen molar-refractivity contribution >= 4 is 16.9 Å². The van der Waals surface area contributed by atoms with Crippen molar-refractivity contribution in [1.82, 2.24) is 15.1 Å². The average Bonchev–Trinajstić information content (AvgIpc) is 2.48. The first-order chi connectivity index (χ1) is 6.68. The van der Waals surface area contributed by atoms with Gasteiger partial charge in [0.05, 0.1) is 5.69 Å². The molecule has 14 heavy (non-hydrogen) atoms. The quantitative estimate of drug-likeness (QED) is 0.684. The molecule has 2 heterocycles. The molecule has 2 N–H and O–H groups in total. The Balaban J connectivity index is 2.57. The van der Waals surface area contributed by atoms with Crippen LogP contribution in [0.1, 0.15) is 12.6 Å². The standard InChI is InChI=1S/C8H10N4O2/c1-4-6-7(11-5(2)13)9-3-10-8(6)14-12-4/h3,5,13H,1-2H3,(H,9,10,11). The van der Waals surface area contributed by atoms with Gasteiger partial charge in [0.15, 0.2) is 0 Å². The zero-order chi connectivity index (χ0) is 10.1. The second-order valence-electron chi connectivity index (χ2n) is 2.99. The van der Waals surface area contributed by atoms with Crippen molar-refractivity contribution in [2.45, 2.75) is 20.1 Å². The van der Waals surface area contributed by atoms with Gasteiger partial charge in [-0.3, -0.25) is 0 Å². The Kier molecular flexibility index (Phi) is 2.05. The SMILES string of the molecule is Cc1noc2ncnc(NC(C)O)c12. The van der Waals surface area contributed by atoms with Crippen LogP contribution in [0, 0.1) is 6.92 Å². The number of fused-ring (bicyclic) bond motifs is 1. The number of nitrogens with zero attached hydrogens (tertiary/aromatic N) is 3. The van der Waals surface area contributed by atoms with Crippen molar-refractivity contribution in [1.29, 1.82) is 0 Å². The largest absolute Gasteiger partial charge is 0.374 e. The minimum absolute atomic E-state index is 0.417. The van der Waals surface area contributed by atoms with E-state index in [1.54, 1.807) is 13.8 Å². The number of nitrogens with one attached hydrogen (secondary N) is 1. The molecule has 0 aliphatic rings. The second kappa shape index (κ2) is 3.22. The fraction of sp³-hybridized carbons (Fsp3) is 0.375. The van der Waals surface area contributed by atoms with Crippen molar-refractivity contribution < 1.29 is 9.63 Å². The molecular formula is C8H10N4O2. The van der Waals surface area contributed by atoms with E-state index in [1.807, 2.05) is 0 Å². The first-order valence-electron chi connectivity index (χ1n) is 4.20. The van der Waals surface area contributed by atoms with E-state index in [9.17, 15) is 5.11 Å². The van der Waals surface area contributed by atoms with Gasteiger partial charge in [0.2, 0.25) is 0 Å². The van der Waals surface area contributed by atoms with Crippen LogP contribution < -0.4 is 5.32 Å². The van der Waals surface area contributed by atoms with E-state index in [0.717, 1.165) is 0 Å². The predicted molar refractivity (Wildman–Crippen MR) is 49.6 cm³/mol. The van der Waals surface area contributed by atoms with Gasteiger partial charge in [0, 0.05) is 0 Å². The van der Waals surface area contributed by atoms with Crippen LogP contribution in [-0.4, -0.2) is 26.5 Å². The highest BCUT2D eigenvalue weighted by atomic mass is 16.5. The predicted octanol–water partition coefficient (Wildman–Crippen LogP) is 0.676. The van der Waals surface area contributed by atoms with Crippen LogP contribution in [0.25, 0.3) is 11.1 Å². The van der Waals surface area contributed by atoms with E-state index in [-0.39, 0.29) is 0 Å². The summed E-state index contributed by atoms with van der Waals surface area (Å²) in [4.78, 5) is 7.91. The fourth-order valence-corrected chi connectivity index (χ4v) is 1.23. The number of aromatic nitrogens is 3. The average molecular weight is 194 g/mol. The zero-order valence-corrected chi connectivity index (χ0v) is 7.85. The smallest absolute Gasteiger partial charge is 0.263 e. The zero-order valence-electron chi connectivity index (χ0n) is 7.85. The molecular weight excluding hydrogens is 184 g/mol. The number of hydrogen-bond donors (Lipinski definition) is 2. The molecule has 0 aliphatic carbocycles. The minimum Gasteiger partial charge on any atom is -0.374 e. The van der Waals surface area contributed by atoms with Gasteiger partial charge in [-0.05, 0) is 13.8 Å². The third-order valence-electron chi connectivity index (χ3n) is 1.79. The number of aliphatic hydroxyl groups is 1. The second-order valence-corrected chi connectivity index (χ2v) is 2.99. The number of aryl methyl sites for hydroxylation is 1. The highest BCUT2D eigenvalue weighted by molar-refractivity contribution is 5.87. The first kappa shape index (κ1) is 8.89. The van der Waals surface area contributed by atoms with Crippen LogP contribution in [-0.2, 0) is 0 Å². The summed E-state index contributed by atoms with van der Waals surface area (Å²) >= 11 is 0. The van der Waals surface area contributed by atoms with E-state index in [4.69, 9.17) is 4.52 Å². The van der Waals surface area contributed by atoms with Crippen LogP contribution in [0.15, 0.2) is 10.9 Å². The molecule has 2 aromatic heterocycles. The van der Waals surface area contributed by atoms with Crippen molar-refractivity contribution in [3.63, 3.8) is 0 Å². The summed E-state index contributed by atoms with van der Waals surface area (Å²) in [6, 6.07) is 0. The Labute approximate surface area is 80.0 Å². The molecule has 2 rings (SSSR count). The fourth-order valence-electron chi connectivity index (χ4n) is 1.23. The van der Waals surface area contributed by atoms with Crippen LogP contribution in [0.3, 0.4) is 0 Å². The molecule has 6 heteroatoms. The molecule has 6 nitrogen and oxygen atoms in total.